The third-order valence-corrected chi connectivity index (χ3v) is 4.47. The van der Waals surface area contributed by atoms with Crippen molar-refractivity contribution in [3.05, 3.63) is 78.9 Å². The minimum atomic E-state index is 0.822. The molecular weight excluding hydrogens is 322 g/mol. The molecule has 1 aromatic heterocycles. The highest BCUT2D eigenvalue weighted by atomic mass is 16.5. The first kappa shape index (κ1) is 16.2. The lowest BCUT2D eigenvalue weighted by molar-refractivity contribution is 0.415. The number of hydrogen-bond acceptors (Lipinski definition) is 3. The van der Waals surface area contributed by atoms with Crippen molar-refractivity contribution in [1.29, 1.82) is 0 Å². The summed E-state index contributed by atoms with van der Waals surface area (Å²) in [7, 11) is 3.35. The van der Waals surface area contributed by atoms with E-state index in [0.717, 1.165) is 44.8 Å². The molecule has 0 saturated carbocycles. The summed E-state index contributed by atoms with van der Waals surface area (Å²) in [5, 5.41) is 2.28. The highest BCUT2D eigenvalue weighted by Crippen LogP contribution is 2.33. The van der Waals surface area contributed by atoms with Crippen molar-refractivity contribution in [3.63, 3.8) is 0 Å². The van der Waals surface area contributed by atoms with Crippen LogP contribution in [0.1, 0.15) is 0 Å². The molecule has 0 aliphatic heterocycles. The van der Waals surface area contributed by atoms with Crippen molar-refractivity contribution in [2.45, 2.75) is 0 Å². The Hall–Kier alpha value is -3.33. The number of methoxy groups -OCH3 is 2. The molecule has 1 heterocycles. The molecule has 0 saturated heterocycles. The van der Waals surface area contributed by atoms with Crippen LogP contribution in [0, 0.1) is 0 Å². The lowest BCUT2D eigenvalue weighted by Gasteiger charge is -2.11. The Bertz CT molecular complexity index is 1060. The van der Waals surface area contributed by atoms with E-state index in [0.29, 0.717) is 0 Å². The van der Waals surface area contributed by atoms with Crippen LogP contribution in [0.3, 0.4) is 0 Å². The van der Waals surface area contributed by atoms with E-state index in [-0.39, 0.29) is 0 Å². The van der Waals surface area contributed by atoms with Gasteiger partial charge in [0.05, 0.1) is 25.6 Å². The Kier molecular flexibility index (Phi) is 4.28. The minimum absolute atomic E-state index is 0.822. The smallest absolute Gasteiger partial charge is 0.119 e. The summed E-state index contributed by atoms with van der Waals surface area (Å²) in [4.78, 5) is 4.98. The van der Waals surface area contributed by atoms with E-state index in [1.807, 2.05) is 48.5 Å². The molecule has 0 atom stereocenters. The van der Waals surface area contributed by atoms with Crippen LogP contribution in [-0.2, 0) is 0 Å². The molecule has 0 unspecified atom stereocenters. The maximum atomic E-state index is 5.39. The fourth-order valence-corrected chi connectivity index (χ4v) is 3.10. The minimum Gasteiger partial charge on any atom is -0.497 e. The number of ether oxygens (including phenoxy) is 2. The third kappa shape index (κ3) is 3.00. The first-order valence-electron chi connectivity index (χ1n) is 8.47. The van der Waals surface area contributed by atoms with Crippen LogP contribution in [0.4, 0.5) is 0 Å². The van der Waals surface area contributed by atoms with E-state index < -0.39 is 0 Å². The Labute approximate surface area is 152 Å². The number of aromatic nitrogens is 1. The summed E-state index contributed by atoms with van der Waals surface area (Å²) in [5.74, 6) is 1.66. The molecule has 0 aliphatic carbocycles. The fourth-order valence-electron chi connectivity index (χ4n) is 3.10. The van der Waals surface area contributed by atoms with Gasteiger partial charge in [-0.3, -0.25) is 0 Å². The van der Waals surface area contributed by atoms with Gasteiger partial charge in [0.2, 0.25) is 0 Å². The number of fused-ring (bicyclic) bond motifs is 1. The van der Waals surface area contributed by atoms with Gasteiger partial charge in [0.1, 0.15) is 11.5 Å². The molecule has 0 spiro atoms. The zero-order valence-corrected chi connectivity index (χ0v) is 14.8. The van der Waals surface area contributed by atoms with Crippen molar-refractivity contribution in [2.24, 2.45) is 0 Å². The summed E-state index contributed by atoms with van der Waals surface area (Å²) in [5.41, 5.74) is 3.98. The molecule has 128 valence electrons. The molecule has 4 aromatic rings. The largest absolute Gasteiger partial charge is 0.497 e. The Morgan fingerprint density at radius 3 is 2.19 bits per heavy atom. The van der Waals surface area contributed by atoms with E-state index in [2.05, 4.69) is 30.3 Å². The van der Waals surface area contributed by atoms with E-state index in [1.54, 1.807) is 14.2 Å². The lowest BCUT2D eigenvalue weighted by Crippen LogP contribution is -1.92. The van der Waals surface area contributed by atoms with Gasteiger partial charge in [0.15, 0.2) is 0 Å². The average molecular weight is 341 g/mol. The highest BCUT2D eigenvalue weighted by molar-refractivity contribution is 5.97. The summed E-state index contributed by atoms with van der Waals surface area (Å²) < 4.78 is 10.6. The molecule has 3 heteroatoms. The molecule has 0 radical (unpaired) electrons. The van der Waals surface area contributed by atoms with Crippen LogP contribution in [0.15, 0.2) is 78.9 Å². The Morgan fingerprint density at radius 2 is 1.42 bits per heavy atom. The average Bonchev–Trinajstić information content (AvgIpc) is 2.73. The van der Waals surface area contributed by atoms with Gasteiger partial charge in [0, 0.05) is 16.5 Å². The second kappa shape index (κ2) is 6.89. The van der Waals surface area contributed by atoms with Gasteiger partial charge >= 0.3 is 0 Å². The van der Waals surface area contributed by atoms with Crippen molar-refractivity contribution < 1.29 is 9.47 Å². The van der Waals surface area contributed by atoms with Gasteiger partial charge in [0.25, 0.3) is 0 Å². The zero-order chi connectivity index (χ0) is 17.9. The van der Waals surface area contributed by atoms with Gasteiger partial charge in [-0.2, -0.15) is 0 Å². The zero-order valence-electron chi connectivity index (χ0n) is 14.8. The van der Waals surface area contributed by atoms with Crippen LogP contribution < -0.4 is 9.47 Å². The van der Waals surface area contributed by atoms with Gasteiger partial charge < -0.3 is 9.47 Å². The predicted molar refractivity (Wildman–Crippen MR) is 106 cm³/mol. The van der Waals surface area contributed by atoms with Gasteiger partial charge in [-0.15, -0.1) is 0 Å². The molecule has 26 heavy (non-hydrogen) atoms. The van der Waals surface area contributed by atoms with E-state index >= 15 is 0 Å². The fraction of sp³-hybridized carbons (Fsp3) is 0.0870. The molecule has 4 rings (SSSR count). The molecule has 0 aliphatic rings. The number of rotatable bonds is 4. The van der Waals surface area contributed by atoms with E-state index in [9.17, 15) is 0 Å². The maximum Gasteiger partial charge on any atom is 0.119 e. The lowest BCUT2D eigenvalue weighted by atomic mass is 10.0. The van der Waals surface area contributed by atoms with Crippen LogP contribution in [-0.4, -0.2) is 19.2 Å². The van der Waals surface area contributed by atoms with Crippen molar-refractivity contribution in [2.75, 3.05) is 14.2 Å². The topological polar surface area (TPSA) is 31.4 Å². The van der Waals surface area contributed by atoms with E-state index in [1.165, 1.54) is 0 Å². The quantitative estimate of drug-likeness (QED) is 0.485. The van der Waals surface area contributed by atoms with Crippen molar-refractivity contribution >= 4 is 10.8 Å². The normalized spacial score (nSPS) is 10.7. The third-order valence-electron chi connectivity index (χ3n) is 4.47. The summed E-state index contributed by atoms with van der Waals surface area (Å²) in [6, 6.07) is 26.4. The van der Waals surface area contributed by atoms with E-state index in [4.69, 9.17) is 14.5 Å². The first-order chi connectivity index (χ1) is 12.8. The molecular formula is C23H19NO2. The molecule has 0 bridgehead atoms. The van der Waals surface area contributed by atoms with Crippen LogP contribution in [0.25, 0.3) is 33.3 Å². The number of benzene rings is 3. The summed E-state index contributed by atoms with van der Waals surface area (Å²) in [6.07, 6.45) is 0. The van der Waals surface area contributed by atoms with Crippen LogP contribution in [0.5, 0.6) is 11.5 Å². The van der Waals surface area contributed by atoms with Crippen LogP contribution in [0.2, 0.25) is 0 Å². The van der Waals surface area contributed by atoms with Crippen LogP contribution >= 0.6 is 0 Å². The molecule has 0 N–H and O–H groups in total. The first-order valence-corrected chi connectivity index (χ1v) is 8.47. The molecule has 3 nitrogen and oxygen atoms in total. The molecule has 0 amide bonds. The number of hydrogen-bond donors (Lipinski definition) is 0. The Balaban J connectivity index is 1.93. The Morgan fingerprint density at radius 1 is 0.654 bits per heavy atom. The van der Waals surface area contributed by atoms with Gasteiger partial charge in [-0.25, -0.2) is 4.98 Å². The van der Waals surface area contributed by atoms with Gasteiger partial charge in [-0.05, 0) is 47.9 Å². The highest BCUT2D eigenvalue weighted by Gasteiger charge is 2.10. The maximum absolute atomic E-state index is 5.39. The molecule has 3 aromatic carbocycles. The summed E-state index contributed by atoms with van der Waals surface area (Å²) in [6.45, 7) is 0. The van der Waals surface area contributed by atoms with Crippen molar-refractivity contribution in [3.8, 4) is 34.0 Å². The van der Waals surface area contributed by atoms with Crippen molar-refractivity contribution in [1.82, 2.24) is 4.98 Å². The SMILES string of the molecule is COc1ccc(-c2cc3ccccc3c(-c3cccc(OC)c3)n2)cc1. The van der Waals surface area contributed by atoms with Gasteiger partial charge in [-0.1, -0.05) is 36.4 Å². The molecule has 0 fully saturated rings. The predicted octanol–water partition coefficient (Wildman–Crippen LogP) is 5.59. The standard InChI is InChI=1S/C23H19NO2/c1-25-19-12-10-16(11-13-19)22-15-17-6-3-4-9-21(17)23(24-22)18-7-5-8-20(14-18)26-2/h3-15H,1-2H3. The number of nitrogens with zero attached hydrogens (tertiary/aromatic N) is 1. The summed E-state index contributed by atoms with van der Waals surface area (Å²) >= 11 is 0. The monoisotopic (exact) mass is 341 g/mol. The second-order valence-electron chi connectivity index (χ2n) is 6.04. The number of pyridine rings is 1. The second-order valence-corrected chi connectivity index (χ2v) is 6.04.